The number of benzene rings is 1. The van der Waals surface area contributed by atoms with Gasteiger partial charge < -0.3 is 0 Å². The lowest BCUT2D eigenvalue weighted by Crippen LogP contribution is -2.29. The van der Waals surface area contributed by atoms with Crippen LogP contribution in [0.5, 0.6) is 0 Å². The molecule has 1 aromatic heterocycles. The van der Waals surface area contributed by atoms with Gasteiger partial charge in [-0.15, -0.1) is 0 Å². The van der Waals surface area contributed by atoms with E-state index in [4.69, 9.17) is 29.0 Å². The molecule has 0 saturated heterocycles. The quantitative estimate of drug-likeness (QED) is 0.514. The van der Waals surface area contributed by atoms with Crippen molar-refractivity contribution in [3.05, 3.63) is 63.9 Å². The van der Waals surface area contributed by atoms with Crippen molar-refractivity contribution in [1.29, 1.82) is 0 Å². The number of nitrogens with one attached hydrogen (secondary N) is 1. The Labute approximate surface area is 116 Å². The van der Waals surface area contributed by atoms with Crippen LogP contribution in [0.25, 0.3) is 0 Å². The smallest absolute Gasteiger partial charge is 0.129 e. The molecular weight excluding hydrogens is 269 g/mol. The number of nitrogens with zero attached hydrogens (tertiary/aromatic N) is 1. The summed E-state index contributed by atoms with van der Waals surface area (Å²) in [5.74, 6) is 5.60. The number of nitrogens with two attached hydrogens (primary N) is 1. The van der Waals surface area contributed by atoms with Gasteiger partial charge in [0, 0.05) is 11.2 Å². The zero-order valence-electron chi connectivity index (χ0n) is 9.61. The molecule has 94 valence electrons. The van der Waals surface area contributed by atoms with Crippen molar-refractivity contribution in [2.75, 3.05) is 0 Å². The minimum Gasteiger partial charge on any atom is -0.271 e. The van der Waals surface area contributed by atoms with Crippen LogP contribution in [0.4, 0.5) is 0 Å². The van der Waals surface area contributed by atoms with Crippen molar-refractivity contribution >= 4 is 23.2 Å². The van der Waals surface area contributed by atoms with Crippen molar-refractivity contribution in [2.24, 2.45) is 5.84 Å². The molecule has 1 atom stereocenters. The van der Waals surface area contributed by atoms with Gasteiger partial charge in [0.1, 0.15) is 5.15 Å². The Morgan fingerprint density at radius 3 is 2.67 bits per heavy atom. The summed E-state index contributed by atoms with van der Waals surface area (Å²) in [4.78, 5) is 3.95. The Bertz CT molecular complexity index is 531. The molecule has 18 heavy (non-hydrogen) atoms. The average molecular weight is 282 g/mol. The second-order valence-corrected chi connectivity index (χ2v) is 4.72. The van der Waals surface area contributed by atoms with Gasteiger partial charge in [0.15, 0.2) is 0 Å². The maximum atomic E-state index is 6.14. The van der Waals surface area contributed by atoms with Crippen LogP contribution in [0.1, 0.15) is 17.2 Å². The van der Waals surface area contributed by atoms with Gasteiger partial charge in [-0.05, 0) is 35.7 Å². The lowest BCUT2D eigenvalue weighted by Gasteiger charge is -2.17. The summed E-state index contributed by atoms with van der Waals surface area (Å²) in [5.41, 5.74) is 4.80. The van der Waals surface area contributed by atoms with Crippen molar-refractivity contribution in [3.63, 3.8) is 0 Å². The van der Waals surface area contributed by atoms with Crippen LogP contribution in [0.3, 0.4) is 0 Å². The molecule has 0 aliphatic carbocycles. The molecule has 0 amide bonds. The average Bonchev–Trinajstić information content (AvgIpc) is 2.38. The lowest BCUT2D eigenvalue weighted by atomic mass is 10.0. The molecule has 0 aliphatic heterocycles. The van der Waals surface area contributed by atoms with Crippen molar-refractivity contribution < 1.29 is 0 Å². The molecule has 1 heterocycles. The predicted octanol–water partition coefficient (Wildman–Crippen LogP) is 3.14. The highest BCUT2D eigenvalue weighted by atomic mass is 35.5. The number of halogens is 2. The first kappa shape index (κ1) is 13.3. The summed E-state index contributed by atoms with van der Waals surface area (Å²) in [7, 11) is 0. The number of rotatable bonds is 4. The largest absolute Gasteiger partial charge is 0.271 e. The van der Waals surface area contributed by atoms with E-state index in [0.717, 1.165) is 16.1 Å². The van der Waals surface area contributed by atoms with Crippen LogP contribution < -0.4 is 11.3 Å². The van der Waals surface area contributed by atoms with E-state index < -0.39 is 0 Å². The molecule has 0 radical (unpaired) electrons. The van der Waals surface area contributed by atoms with Gasteiger partial charge in [-0.2, -0.15) is 0 Å². The standard InChI is InChI=1S/C13H13Cl2N3/c14-11-4-2-1-3-9(11)7-12(18-16)10-5-6-17-13(15)8-10/h1-6,8,12,18H,7,16H2. The van der Waals surface area contributed by atoms with E-state index in [0.29, 0.717) is 11.6 Å². The zero-order valence-corrected chi connectivity index (χ0v) is 11.1. The molecule has 1 unspecified atom stereocenters. The molecule has 0 bridgehead atoms. The third kappa shape index (κ3) is 3.21. The van der Waals surface area contributed by atoms with Gasteiger partial charge in [0.05, 0.1) is 6.04 Å². The van der Waals surface area contributed by atoms with Gasteiger partial charge in [0.2, 0.25) is 0 Å². The zero-order chi connectivity index (χ0) is 13.0. The van der Waals surface area contributed by atoms with E-state index in [1.807, 2.05) is 30.3 Å². The SMILES string of the molecule is NNC(Cc1ccccc1Cl)c1ccnc(Cl)c1. The summed E-state index contributed by atoms with van der Waals surface area (Å²) < 4.78 is 0. The highest BCUT2D eigenvalue weighted by Gasteiger charge is 2.12. The van der Waals surface area contributed by atoms with Crippen molar-refractivity contribution in [3.8, 4) is 0 Å². The molecular formula is C13H13Cl2N3. The summed E-state index contributed by atoms with van der Waals surface area (Å²) in [6.45, 7) is 0. The second kappa shape index (κ2) is 6.16. The van der Waals surface area contributed by atoms with E-state index in [1.165, 1.54) is 0 Å². The monoisotopic (exact) mass is 281 g/mol. The van der Waals surface area contributed by atoms with E-state index in [-0.39, 0.29) is 6.04 Å². The Morgan fingerprint density at radius 1 is 1.22 bits per heavy atom. The minimum atomic E-state index is -0.0506. The fraction of sp³-hybridized carbons (Fsp3) is 0.154. The fourth-order valence-electron chi connectivity index (χ4n) is 1.79. The third-order valence-electron chi connectivity index (χ3n) is 2.74. The maximum Gasteiger partial charge on any atom is 0.129 e. The van der Waals surface area contributed by atoms with Gasteiger partial charge >= 0.3 is 0 Å². The molecule has 3 N–H and O–H groups in total. The number of hydrazine groups is 1. The third-order valence-corrected chi connectivity index (χ3v) is 3.31. The van der Waals surface area contributed by atoms with E-state index in [2.05, 4.69) is 10.4 Å². The fourth-order valence-corrected chi connectivity index (χ4v) is 2.19. The molecule has 2 rings (SSSR count). The lowest BCUT2D eigenvalue weighted by molar-refractivity contribution is 0.551. The van der Waals surface area contributed by atoms with Gasteiger partial charge in [0.25, 0.3) is 0 Å². The molecule has 5 heteroatoms. The van der Waals surface area contributed by atoms with Gasteiger partial charge in [-0.3, -0.25) is 11.3 Å². The first-order valence-electron chi connectivity index (χ1n) is 5.51. The normalized spacial score (nSPS) is 12.4. The summed E-state index contributed by atoms with van der Waals surface area (Å²) in [6, 6.07) is 11.3. The summed E-state index contributed by atoms with van der Waals surface area (Å²) in [5, 5.41) is 1.19. The van der Waals surface area contributed by atoms with Crippen LogP contribution in [0.15, 0.2) is 42.6 Å². The van der Waals surface area contributed by atoms with E-state index in [9.17, 15) is 0 Å². The Hall–Kier alpha value is -1.13. The molecule has 3 nitrogen and oxygen atoms in total. The van der Waals surface area contributed by atoms with Crippen LogP contribution in [-0.4, -0.2) is 4.98 Å². The minimum absolute atomic E-state index is 0.0506. The van der Waals surface area contributed by atoms with Crippen LogP contribution in [0, 0.1) is 0 Å². The highest BCUT2D eigenvalue weighted by molar-refractivity contribution is 6.31. The number of aromatic nitrogens is 1. The van der Waals surface area contributed by atoms with E-state index in [1.54, 1.807) is 12.3 Å². The van der Waals surface area contributed by atoms with Crippen LogP contribution >= 0.6 is 23.2 Å². The van der Waals surface area contributed by atoms with Crippen molar-refractivity contribution in [1.82, 2.24) is 10.4 Å². The number of pyridine rings is 1. The number of hydrogen-bond donors (Lipinski definition) is 2. The highest BCUT2D eigenvalue weighted by Crippen LogP contribution is 2.23. The molecule has 2 aromatic rings. The number of hydrogen-bond acceptors (Lipinski definition) is 3. The summed E-state index contributed by atoms with van der Waals surface area (Å²) >= 11 is 12.0. The van der Waals surface area contributed by atoms with E-state index >= 15 is 0 Å². The summed E-state index contributed by atoms with van der Waals surface area (Å²) in [6.07, 6.45) is 2.35. The molecule has 1 aromatic carbocycles. The van der Waals surface area contributed by atoms with Gasteiger partial charge in [-0.1, -0.05) is 41.4 Å². The first-order chi connectivity index (χ1) is 8.70. The molecule has 0 aliphatic rings. The Kier molecular flexibility index (Phi) is 4.55. The predicted molar refractivity (Wildman–Crippen MR) is 74.5 cm³/mol. The first-order valence-corrected chi connectivity index (χ1v) is 6.27. The Balaban J connectivity index is 2.23. The Morgan fingerprint density at radius 2 is 2.00 bits per heavy atom. The van der Waals surface area contributed by atoms with Crippen LogP contribution in [-0.2, 0) is 6.42 Å². The van der Waals surface area contributed by atoms with Crippen LogP contribution in [0.2, 0.25) is 10.2 Å². The molecule has 0 spiro atoms. The van der Waals surface area contributed by atoms with Gasteiger partial charge in [-0.25, -0.2) is 4.98 Å². The van der Waals surface area contributed by atoms with Crippen molar-refractivity contribution in [2.45, 2.75) is 12.5 Å². The topological polar surface area (TPSA) is 50.9 Å². The molecule has 0 saturated carbocycles. The molecule has 0 fully saturated rings. The second-order valence-electron chi connectivity index (χ2n) is 3.93. The maximum absolute atomic E-state index is 6.14.